The highest BCUT2D eigenvalue weighted by molar-refractivity contribution is 5.94. The lowest BCUT2D eigenvalue weighted by Gasteiger charge is -2.07. The molecule has 0 saturated heterocycles. The van der Waals surface area contributed by atoms with Crippen molar-refractivity contribution in [2.24, 2.45) is 0 Å². The number of pyridine rings is 3. The Morgan fingerprint density at radius 2 is 1.79 bits per heavy atom. The normalized spacial score (nSPS) is 10.9. The summed E-state index contributed by atoms with van der Waals surface area (Å²) >= 11 is 0. The minimum atomic E-state index is -0.546. The van der Waals surface area contributed by atoms with Crippen LogP contribution in [0, 0.1) is 5.82 Å². The molecule has 0 atom stereocenters. The molecule has 4 aromatic heterocycles. The lowest BCUT2D eigenvalue weighted by atomic mass is 10.00. The minimum absolute atomic E-state index is 0.0521. The fourth-order valence-electron chi connectivity index (χ4n) is 3.61. The Hall–Kier alpha value is -4.59. The third-order valence-corrected chi connectivity index (χ3v) is 5.21. The number of esters is 1. The van der Waals surface area contributed by atoms with E-state index in [-0.39, 0.29) is 23.8 Å². The molecule has 0 fully saturated rings. The van der Waals surface area contributed by atoms with Crippen molar-refractivity contribution < 1.29 is 13.9 Å². The zero-order valence-electron chi connectivity index (χ0n) is 17.4. The van der Waals surface area contributed by atoms with Crippen molar-refractivity contribution in [3.63, 3.8) is 0 Å². The van der Waals surface area contributed by atoms with Gasteiger partial charge in [0.1, 0.15) is 29.5 Å². The number of halogens is 1. The highest BCUT2D eigenvalue weighted by Crippen LogP contribution is 2.35. The lowest BCUT2D eigenvalue weighted by Crippen LogP contribution is -2.09. The molecule has 33 heavy (non-hydrogen) atoms. The number of carbonyl (C=O) groups excluding carboxylic acids is 1. The zero-order valence-corrected chi connectivity index (χ0v) is 17.4. The number of aromatic nitrogens is 4. The van der Waals surface area contributed by atoms with Crippen LogP contribution in [0.1, 0.15) is 15.9 Å². The first-order valence-corrected chi connectivity index (χ1v) is 10.2. The highest BCUT2D eigenvalue weighted by atomic mass is 19.1. The van der Waals surface area contributed by atoms with E-state index in [1.165, 1.54) is 18.3 Å². The molecule has 162 valence electrons. The first-order chi connectivity index (χ1) is 16.1. The molecule has 0 unspecified atom stereocenters. The molecule has 0 aliphatic rings. The number of nitrogen functional groups attached to an aromatic ring is 1. The Balaban J connectivity index is 1.54. The van der Waals surface area contributed by atoms with E-state index >= 15 is 0 Å². The quantitative estimate of drug-likeness (QED) is 0.404. The van der Waals surface area contributed by atoms with Crippen LogP contribution in [-0.4, -0.2) is 25.6 Å². The fourth-order valence-corrected chi connectivity index (χ4v) is 3.61. The predicted octanol–water partition coefficient (Wildman–Crippen LogP) is 4.54. The van der Waals surface area contributed by atoms with Crippen LogP contribution in [0.2, 0.25) is 0 Å². The molecule has 0 radical (unpaired) electrons. The van der Waals surface area contributed by atoms with Gasteiger partial charge in [-0.15, -0.1) is 0 Å². The fraction of sp³-hybridized carbons (Fsp3) is 0.0400. The molecule has 0 aliphatic heterocycles. The highest BCUT2D eigenvalue weighted by Gasteiger charge is 2.18. The lowest BCUT2D eigenvalue weighted by molar-refractivity contribution is 0.0473. The third-order valence-electron chi connectivity index (χ3n) is 5.21. The van der Waals surface area contributed by atoms with E-state index < -0.39 is 5.97 Å². The summed E-state index contributed by atoms with van der Waals surface area (Å²) in [5.41, 5.74) is 10.9. The van der Waals surface area contributed by atoms with Crippen molar-refractivity contribution in [2.45, 2.75) is 6.61 Å². The predicted molar refractivity (Wildman–Crippen MR) is 122 cm³/mol. The zero-order chi connectivity index (χ0) is 22.8. The van der Waals surface area contributed by atoms with E-state index in [2.05, 4.69) is 9.97 Å². The first-order valence-electron chi connectivity index (χ1n) is 10.2. The number of benzene rings is 1. The van der Waals surface area contributed by atoms with E-state index in [0.29, 0.717) is 5.69 Å². The van der Waals surface area contributed by atoms with Gasteiger partial charge >= 0.3 is 5.97 Å². The Kier molecular flexibility index (Phi) is 5.24. The second kappa shape index (κ2) is 8.51. The first kappa shape index (κ1) is 20.3. The van der Waals surface area contributed by atoms with Gasteiger partial charge in [0.25, 0.3) is 0 Å². The maximum absolute atomic E-state index is 13.5. The van der Waals surface area contributed by atoms with Crippen molar-refractivity contribution in [1.82, 2.24) is 19.6 Å². The van der Waals surface area contributed by atoms with E-state index in [1.807, 2.05) is 24.3 Å². The molecule has 0 bridgehead atoms. The van der Waals surface area contributed by atoms with Crippen LogP contribution in [0.15, 0.2) is 85.5 Å². The van der Waals surface area contributed by atoms with Gasteiger partial charge in [-0.3, -0.25) is 4.98 Å². The molecule has 4 heterocycles. The summed E-state index contributed by atoms with van der Waals surface area (Å²) in [5.74, 6) is -0.737. The Morgan fingerprint density at radius 3 is 2.55 bits per heavy atom. The van der Waals surface area contributed by atoms with Gasteiger partial charge in [-0.1, -0.05) is 0 Å². The third kappa shape index (κ3) is 4.01. The van der Waals surface area contributed by atoms with Gasteiger partial charge in [0, 0.05) is 35.9 Å². The molecule has 7 nitrogen and oxygen atoms in total. The molecule has 1 aromatic carbocycles. The van der Waals surface area contributed by atoms with E-state index in [9.17, 15) is 9.18 Å². The average molecular weight is 439 g/mol. The second-order valence-corrected chi connectivity index (χ2v) is 7.34. The summed E-state index contributed by atoms with van der Waals surface area (Å²) in [6, 6.07) is 16.9. The van der Waals surface area contributed by atoms with Crippen molar-refractivity contribution in [1.29, 1.82) is 0 Å². The summed E-state index contributed by atoms with van der Waals surface area (Å²) in [5, 5.41) is 4.73. The Labute approximate surface area is 188 Å². The van der Waals surface area contributed by atoms with Gasteiger partial charge in [0.15, 0.2) is 0 Å². The van der Waals surface area contributed by atoms with Gasteiger partial charge in [0.2, 0.25) is 0 Å². The monoisotopic (exact) mass is 439 g/mol. The Bertz CT molecular complexity index is 1450. The van der Waals surface area contributed by atoms with Crippen LogP contribution >= 0.6 is 0 Å². The molecule has 2 N–H and O–H groups in total. The second-order valence-electron chi connectivity index (χ2n) is 7.34. The van der Waals surface area contributed by atoms with E-state index in [4.69, 9.17) is 15.6 Å². The number of rotatable bonds is 5. The van der Waals surface area contributed by atoms with E-state index in [1.54, 1.807) is 47.4 Å². The van der Waals surface area contributed by atoms with Gasteiger partial charge in [0.05, 0.1) is 5.52 Å². The smallest absolute Gasteiger partial charge is 0.342 e. The topological polar surface area (TPSA) is 95.4 Å². The molecule has 0 amide bonds. The maximum Gasteiger partial charge on any atom is 0.342 e. The maximum atomic E-state index is 13.5. The summed E-state index contributed by atoms with van der Waals surface area (Å²) in [4.78, 5) is 20.4. The minimum Gasteiger partial charge on any atom is -0.457 e. The standard InChI is InChI=1S/C25H18FN5O2/c26-19-5-3-18(4-6-19)23-22(17-7-11-28-12-8-17)21-14-16(9-13-31(21)30-23)15-33-25(32)20-2-1-10-29-24(20)27/h1-14H,15H2,(H2,27,29). The number of hydrogen-bond donors (Lipinski definition) is 1. The van der Waals surface area contributed by atoms with Crippen LogP contribution in [0.5, 0.6) is 0 Å². The van der Waals surface area contributed by atoms with E-state index in [0.717, 1.165) is 27.8 Å². The summed E-state index contributed by atoms with van der Waals surface area (Å²) in [6.07, 6.45) is 6.72. The molecule has 5 rings (SSSR count). The van der Waals surface area contributed by atoms with Crippen molar-refractivity contribution in [2.75, 3.05) is 5.73 Å². The average Bonchev–Trinajstić information content (AvgIpc) is 3.22. The number of anilines is 1. The van der Waals surface area contributed by atoms with Crippen LogP contribution in [0.3, 0.4) is 0 Å². The molecule has 5 aromatic rings. The Morgan fingerprint density at radius 1 is 1.00 bits per heavy atom. The van der Waals surface area contributed by atoms with Gasteiger partial charge in [-0.25, -0.2) is 18.7 Å². The number of nitrogens with zero attached hydrogens (tertiary/aromatic N) is 4. The van der Waals surface area contributed by atoms with Gasteiger partial charge < -0.3 is 10.5 Å². The molecular formula is C25H18FN5O2. The van der Waals surface area contributed by atoms with Gasteiger partial charge in [-0.2, -0.15) is 5.10 Å². The number of carbonyl (C=O) groups is 1. The molecule has 8 heteroatoms. The molecule has 0 aliphatic carbocycles. The van der Waals surface area contributed by atoms with Crippen LogP contribution in [-0.2, 0) is 11.3 Å². The summed E-state index contributed by atoms with van der Waals surface area (Å²) in [6.45, 7) is 0.0521. The van der Waals surface area contributed by atoms with Crippen molar-refractivity contribution in [3.8, 4) is 22.4 Å². The SMILES string of the molecule is Nc1ncccc1C(=O)OCc1ccn2nc(-c3ccc(F)cc3)c(-c3ccncc3)c2c1. The molecule has 0 saturated carbocycles. The van der Waals surface area contributed by atoms with Crippen LogP contribution in [0.4, 0.5) is 10.2 Å². The number of hydrogen-bond acceptors (Lipinski definition) is 6. The molecule has 0 spiro atoms. The van der Waals surface area contributed by atoms with Crippen molar-refractivity contribution in [3.05, 3.63) is 102 Å². The number of nitrogens with two attached hydrogens (primary N) is 1. The van der Waals surface area contributed by atoms with Crippen molar-refractivity contribution >= 4 is 17.3 Å². The molecular weight excluding hydrogens is 421 g/mol. The summed E-state index contributed by atoms with van der Waals surface area (Å²) in [7, 11) is 0. The number of ether oxygens (including phenoxy) is 1. The van der Waals surface area contributed by atoms with Crippen LogP contribution < -0.4 is 5.73 Å². The largest absolute Gasteiger partial charge is 0.457 e. The van der Waals surface area contributed by atoms with Gasteiger partial charge in [-0.05, 0) is 71.8 Å². The summed E-state index contributed by atoms with van der Waals surface area (Å²) < 4.78 is 20.7. The number of fused-ring (bicyclic) bond motifs is 1. The van der Waals surface area contributed by atoms with Crippen LogP contribution in [0.25, 0.3) is 27.9 Å².